The van der Waals surface area contributed by atoms with Crippen LogP contribution in [0.25, 0.3) is 0 Å². The molecule has 0 saturated heterocycles. The van der Waals surface area contributed by atoms with Crippen molar-refractivity contribution >= 4 is 29.5 Å². The normalized spacial score (nSPS) is 10.5. The van der Waals surface area contributed by atoms with Gasteiger partial charge < -0.3 is 9.64 Å². The monoisotopic (exact) mass is 355 g/mol. The average molecular weight is 356 g/mol. The van der Waals surface area contributed by atoms with Crippen molar-refractivity contribution in [3.63, 3.8) is 0 Å². The molecule has 0 aliphatic rings. The van der Waals surface area contributed by atoms with Crippen LogP contribution in [0.3, 0.4) is 0 Å². The molecule has 0 saturated carbocycles. The highest BCUT2D eigenvalue weighted by Gasteiger charge is 2.12. The van der Waals surface area contributed by atoms with Gasteiger partial charge in [-0.3, -0.25) is 9.59 Å². The molecule has 0 amide bonds. The zero-order chi connectivity index (χ0) is 18.8. The van der Waals surface area contributed by atoms with Crippen LogP contribution >= 0.6 is 11.6 Å². The van der Waals surface area contributed by atoms with Gasteiger partial charge >= 0.3 is 5.97 Å². The van der Waals surface area contributed by atoms with Crippen molar-refractivity contribution in [2.45, 2.75) is 60.0 Å². The third-order valence-electron chi connectivity index (χ3n) is 2.89. The molecule has 4 nitrogen and oxygen atoms in total. The van der Waals surface area contributed by atoms with E-state index in [2.05, 4.69) is 18.7 Å². The van der Waals surface area contributed by atoms with E-state index < -0.39 is 0 Å². The molecule has 0 atom stereocenters. The summed E-state index contributed by atoms with van der Waals surface area (Å²) in [6.45, 7) is 13.1. The summed E-state index contributed by atoms with van der Waals surface area (Å²) >= 11 is 5.88. The lowest BCUT2D eigenvalue weighted by Crippen LogP contribution is -2.25. The number of carbonyl (C=O) groups is 2. The van der Waals surface area contributed by atoms with E-state index in [0.29, 0.717) is 10.6 Å². The molecule has 0 aliphatic carbocycles. The Morgan fingerprint density at radius 3 is 2.08 bits per heavy atom. The molecule has 0 aliphatic heterocycles. The predicted molar refractivity (Wildman–Crippen MR) is 101 cm³/mol. The van der Waals surface area contributed by atoms with Gasteiger partial charge in [-0.25, -0.2) is 0 Å². The van der Waals surface area contributed by atoms with Crippen LogP contribution in [-0.4, -0.2) is 30.9 Å². The Labute approximate surface area is 151 Å². The lowest BCUT2D eigenvalue weighted by Gasteiger charge is -2.25. The second kappa shape index (κ2) is 11.1. The van der Waals surface area contributed by atoms with E-state index in [1.807, 2.05) is 32.9 Å². The van der Waals surface area contributed by atoms with Gasteiger partial charge in [-0.05, 0) is 51.8 Å². The number of esters is 1. The average Bonchev–Trinajstić information content (AvgIpc) is 2.45. The van der Waals surface area contributed by atoms with Crippen LogP contribution in [0.1, 0.15) is 64.7 Å². The highest BCUT2D eigenvalue weighted by molar-refractivity contribution is 6.31. The first-order chi connectivity index (χ1) is 11.1. The third-order valence-corrected chi connectivity index (χ3v) is 3.13. The van der Waals surface area contributed by atoms with Crippen LogP contribution in [-0.2, 0) is 9.53 Å². The van der Waals surface area contributed by atoms with E-state index in [0.717, 1.165) is 37.9 Å². The molecule has 1 aromatic rings. The molecule has 0 N–H and O–H groups in total. The number of halogens is 1. The fourth-order valence-electron chi connectivity index (χ4n) is 2.23. The van der Waals surface area contributed by atoms with Gasteiger partial charge in [0.05, 0.1) is 0 Å². The minimum absolute atomic E-state index is 0.225. The van der Waals surface area contributed by atoms with Crippen molar-refractivity contribution in [2.75, 3.05) is 18.0 Å². The van der Waals surface area contributed by atoms with Crippen molar-refractivity contribution in [3.8, 4) is 0 Å². The molecule has 0 heterocycles. The molecule has 0 aromatic heterocycles. The molecule has 136 valence electrons. The number of hydrogen-bond acceptors (Lipinski definition) is 4. The van der Waals surface area contributed by atoms with Crippen LogP contribution in [0.5, 0.6) is 0 Å². The highest BCUT2D eigenvalue weighted by atomic mass is 35.5. The number of nitrogens with zero attached hydrogens (tertiary/aromatic N) is 1. The van der Waals surface area contributed by atoms with E-state index in [1.165, 1.54) is 6.92 Å². The van der Waals surface area contributed by atoms with Gasteiger partial charge in [0.15, 0.2) is 6.29 Å². The second-order valence-corrected chi connectivity index (χ2v) is 6.95. The molecule has 1 aromatic carbocycles. The molecule has 5 heteroatoms. The minimum atomic E-state index is -0.328. The lowest BCUT2D eigenvalue weighted by molar-refractivity contribution is -0.151. The third kappa shape index (κ3) is 9.56. The standard InChI is InChI=1S/C13H18ClNO.C6H12O2/c1-3-7-15(8-4-2)13-6-5-12(14)9-11(13)10-16;1-5(7)8-6(2,3)4/h5-6,9-10H,3-4,7-8H2,1-2H3;1-4H3. The predicted octanol–water partition coefficient (Wildman–Crippen LogP) is 5.13. The zero-order valence-electron chi connectivity index (χ0n) is 15.7. The first-order valence-electron chi connectivity index (χ1n) is 8.33. The fraction of sp³-hybridized carbons (Fsp3) is 0.579. The smallest absolute Gasteiger partial charge is 0.303 e. The Morgan fingerprint density at radius 2 is 1.75 bits per heavy atom. The van der Waals surface area contributed by atoms with E-state index in [4.69, 9.17) is 16.3 Å². The quantitative estimate of drug-likeness (QED) is 0.524. The van der Waals surface area contributed by atoms with Crippen molar-refractivity contribution < 1.29 is 14.3 Å². The molecule has 0 bridgehead atoms. The summed E-state index contributed by atoms with van der Waals surface area (Å²) in [6.07, 6.45) is 3.02. The number of benzene rings is 1. The number of hydrogen-bond donors (Lipinski definition) is 0. The van der Waals surface area contributed by atoms with Gasteiger partial charge in [0.2, 0.25) is 0 Å². The number of aldehydes is 1. The Bertz CT molecular complexity index is 518. The Hall–Kier alpha value is -1.55. The van der Waals surface area contributed by atoms with E-state index >= 15 is 0 Å². The summed E-state index contributed by atoms with van der Waals surface area (Å²) in [6, 6.07) is 5.49. The highest BCUT2D eigenvalue weighted by Crippen LogP contribution is 2.23. The molecule has 0 radical (unpaired) electrons. The molecule has 1 rings (SSSR count). The van der Waals surface area contributed by atoms with Gasteiger partial charge in [-0.2, -0.15) is 0 Å². The van der Waals surface area contributed by atoms with E-state index in [1.54, 1.807) is 6.07 Å². The van der Waals surface area contributed by atoms with Gasteiger partial charge in [0.1, 0.15) is 5.60 Å². The lowest BCUT2D eigenvalue weighted by atomic mass is 10.1. The number of ether oxygens (including phenoxy) is 1. The van der Waals surface area contributed by atoms with Crippen molar-refractivity contribution in [1.29, 1.82) is 0 Å². The summed E-state index contributed by atoms with van der Waals surface area (Å²) in [7, 11) is 0. The van der Waals surface area contributed by atoms with Crippen molar-refractivity contribution in [2.24, 2.45) is 0 Å². The van der Waals surface area contributed by atoms with Crippen molar-refractivity contribution in [3.05, 3.63) is 28.8 Å². The SMILES string of the molecule is CC(=O)OC(C)(C)C.CCCN(CCC)c1ccc(Cl)cc1C=O. The van der Waals surface area contributed by atoms with Gasteiger partial charge in [-0.1, -0.05) is 25.4 Å². The van der Waals surface area contributed by atoms with Crippen LogP contribution in [0.4, 0.5) is 5.69 Å². The molecular weight excluding hydrogens is 326 g/mol. The number of carbonyl (C=O) groups excluding carboxylic acids is 2. The summed E-state index contributed by atoms with van der Waals surface area (Å²) in [4.78, 5) is 23.5. The maximum Gasteiger partial charge on any atom is 0.303 e. The summed E-state index contributed by atoms with van der Waals surface area (Å²) < 4.78 is 4.80. The Kier molecular flexibility index (Phi) is 10.4. The molecule has 0 unspecified atom stereocenters. The molecule has 0 spiro atoms. The minimum Gasteiger partial charge on any atom is -0.460 e. The van der Waals surface area contributed by atoms with Crippen LogP contribution in [0.2, 0.25) is 5.02 Å². The fourth-order valence-corrected chi connectivity index (χ4v) is 2.41. The molecular formula is C19H30ClNO3. The second-order valence-electron chi connectivity index (χ2n) is 6.51. The van der Waals surface area contributed by atoms with Crippen LogP contribution in [0, 0.1) is 0 Å². The summed E-state index contributed by atoms with van der Waals surface area (Å²) in [5.74, 6) is -0.225. The molecule has 24 heavy (non-hydrogen) atoms. The Balaban J connectivity index is 0.000000561. The number of rotatable bonds is 6. The van der Waals surface area contributed by atoms with Gasteiger partial charge in [0, 0.05) is 36.3 Å². The largest absolute Gasteiger partial charge is 0.460 e. The van der Waals surface area contributed by atoms with Gasteiger partial charge in [-0.15, -0.1) is 0 Å². The summed E-state index contributed by atoms with van der Waals surface area (Å²) in [5.41, 5.74) is 1.34. The van der Waals surface area contributed by atoms with Gasteiger partial charge in [0.25, 0.3) is 0 Å². The first kappa shape index (κ1) is 22.4. The topological polar surface area (TPSA) is 46.6 Å². The van der Waals surface area contributed by atoms with Crippen LogP contribution in [0.15, 0.2) is 18.2 Å². The zero-order valence-corrected chi connectivity index (χ0v) is 16.4. The first-order valence-corrected chi connectivity index (χ1v) is 8.71. The van der Waals surface area contributed by atoms with E-state index in [-0.39, 0.29) is 11.6 Å². The Morgan fingerprint density at radius 1 is 1.21 bits per heavy atom. The van der Waals surface area contributed by atoms with Crippen LogP contribution < -0.4 is 4.90 Å². The number of anilines is 1. The maximum atomic E-state index is 11.0. The van der Waals surface area contributed by atoms with Crippen molar-refractivity contribution in [1.82, 2.24) is 0 Å². The maximum absolute atomic E-state index is 11.0. The van der Waals surface area contributed by atoms with E-state index in [9.17, 15) is 9.59 Å². The summed E-state index contributed by atoms with van der Waals surface area (Å²) in [5, 5.41) is 0.610. The molecule has 0 fully saturated rings.